The lowest BCUT2D eigenvalue weighted by Gasteiger charge is -2.21. The number of aliphatic imine (C=N–C) groups is 1. The van der Waals surface area contributed by atoms with E-state index in [1.807, 2.05) is 18.7 Å². The molecule has 1 aliphatic heterocycles. The number of likely N-dealkylation sites (tertiary alicyclic amines) is 1. The van der Waals surface area contributed by atoms with Gasteiger partial charge in [0, 0.05) is 30.3 Å². The van der Waals surface area contributed by atoms with Gasteiger partial charge in [-0.1, -0.05) is 23.4 Å². The molecule has 7 heteroatoms. The summed E-state index contributed by atoms with van der Waals surface area (Å²) in [5.41, 5.74) is 0. The molecule has 6 nitrogen and oxygen atoms in total. The Balaban J connectivity index is 1.53. The summed E-state index contributed by atoms with van der Waals surface area (Å²) in [6, 6.07) is 10.6. The Kier molecular flexibility index (Phi) is 6.33. The molecule has 1 unspecified atom stereocenters. The number of rotatable bonds is 6. The number of benzene rings is 1. The highest BCUT2D eigenvalue weighted by Crippen LogP contribution is 2.25. The smallest absolute Gasteiger partial charge is 0.248 e. The van der Waals surface area contributed by atoms with Gasteiger partial charge in [0.2, 0.25) is 5.89 Å². The molecule has 25 heavy (non-hydrogen) atoms. The van der Waals surface area contributed by atoms with Crippen LogP contribution in [-0.4, -0.2) is 46.4 Å². The minimum atomic E-state index is 0.420. The maximum Gasteiger partial charge on any atom is 0.248 e. The molecule has 0 spiro atoms. The van der Waals surface area contributed by atoms with Crippen LogP contribution in [-0.2, 0) is 6.54 Å². The second kappa shape index (κ2) is 8.89. The zero-order valence-electron chi connectivity index (χ0n) is 14.8. The van der Waals surface area contributed by atoms with Crippen LogP contribution in [0.4, 0.5) is 0 Å². The summed E-state index contributed by atoms with van der Waals surface area (Å²) in [6.45, 7) is 7.25. The van der Waals surface area contributed by atoms with E-state index in [0.717, 1.165) is 31.3 Å². The number of nitrogens with zero attached hydrogens (tertiary/aromatic N) is 4. The minimum absolute atomic E-state index is 0.420. The molecule has 1 aliphatic rings. The number of guanidine groups is 1. The van der Waals surface area contributed by atoms with E-state index in [1.54, 1.807) is 0 Å². The predicted octanol–water partition coefficient (Wildman–Crippen LogP) is 2.96. The molecule has 0 amide bonds. The zero-order valence-corrected chi connectivity index (χ0v) is 15.6. The Morgan fingerprint density at radius 1 is 1.40 bits per heavy atom. The number of thioether (sulfide) groups is 1. The van der Waals surface area contributed by atoms with Gasteiger partial charge >= 0.3 is 0 Å². The highest BCUT2D eigenvalue weighted by molar-refractivity contribution is 7.99. The van der Waals surface area contributed by atoms with Crippen molar-refractivity contribution in [1.82, 2.24) is 20.4 Å². The predicted molar refractivity (Wildman–Crippen MR) is 101 cm³/mol. The molecule has 3 rings (SSSR count). The van der Waals surface area contributed by atoms with Crippen LogP contribution in [0.1, 0.15) is 25.1 Å². The highest BCUT2D eigenvalue weighted by Gasteiger charge is 2.25. The molecule has 0 aliphatic carbocycles. The maximum atomic E-state index is 5.15. The molecule has 0 bridgehead atoms. The van der Waals surface area contributed by atoms with Gasteiger partial charge < -0.3 is 14.7 Å². The first-order chi connectivity index (χ1) is 12.2. The van der Waals surface area contributed by atoms with Crippen molar-refractivity contribution in [2.75, 3.05) is 25.4 Å². The van der Waals surface area contributed by atoms with E-state index in [2.05, 4.69) is 62.6 Å². The van der Waals surface area contributed by atoms with Crippen LogP contribution in [0.2, 0.25) is 0 Å². The van der Waals surface area contributed by atoms with Crippen LogP contribution in [0.5, 0.6) is 0 Å². The van der Waals surface area contributed by atoms with Gasteiger partial charge in [-0.2, -0.15) is 4.98 Å². The summed E-state index contributed by atoms with van der Waals surface area (Å²) < 4.78 is 5.15. The fourth-order valence-corrected chi connectivity index (χ4v) is 3.91. The zero-order chi connectivity index (χ0) is 17.5. The molecule has 0 saturated carbocycles. The first-order valence-electron chi connectivity index (χ1n) is 8.75. The lowest BCUT2D eigenvalue weighted by Crippen LogP contribution is -2.40. The van der Waals surface area contributed by atoms with Gasteiger partial charge in [0.1, 0.15) is 6.54 Å². The third kappa shape index (κ3) is 5.22. The van der Waals surface area contributed by atoms with Crippen molar-refractivity contribution in [2.45, 2.75) is 31.7 Å². The molecule has 1 saturated heterocycles. The van der Waals surface area contributed by atoms with Gasteiger partial charge in [-0.05, 0) is 38.3 Å². The monoisotopic (exact) mass is 359 g/mol. The van der Waals surface area contributed by atoms with Gasteiger partial charge in [-0.3, -0.25) is 0 Å². The van der Waals surface area contributed by atoms with E-state index in [-0.39, 0.29) is 0 Å². The molecular weight excluding hydrogens is 334 g/mol. The molecule has 1 aromatic carbocycles. The van der Waals surface area contributed by atoms with Gasteiger partial charge in [-0.25, -0.2) is 4.99 Å². The van der Waals surface area contributed by atoms with Crippen LogP contribution in [0, 0.1) is 12.8 Å². The molecule has 1 aromatic heterocycles. The van der Waals surface area contributed by atoms with Crippen LogP contribution in [0.3, 0.4) is 0 Å². The van der Waals surface area contributed by atoms with E-state index >= 15 is 0 Å². The summed E-state index contributed by atoms with van der Waals surface area (Å²) in [7, 11) is 0. The van der Waals surface area contributed by atoms with Gasteiger partial charge in [0.25, 0.3) is 0 Å². The Morgan fingerprint density at radius 2 is 2.24 bits per heavy atom. The molecule has 2 aromatic rings. The van der Waals surface area contributed by atoms with Gasteiger partial charge in [0.15, 0.2) is 11.8 Å². The number of hydrogen-bond acceptors (Lipinski definition) is 5. The SMILES string of the molecule is CCNC(=NCc1nc(C)no1)N1CCC(CSc2ccccc2)C1. The Hall–Kier alpha value is -2.02. The van der Waals surface area contributed by atoms with Crippen molar-refractivity contribution in [3.8, 4) is 0 Å². The first-order valence-corrected chi connectivity index (χ1v) is 9.73. The van der Waals surface area contributed by atoms with E-state index in [0.29, 0.717) is 24.2 Å². The summed E-state index contributed by atoms with van der Waals surface area (Å²) in [6.07, 6.45) is 1.20. The Bertz CT molecular complexity index is 688. The fourth-order valence-electron chi connectivity index (χ4n) is 2.86. The largest absolute Gasteiger partial charge is 0.357 e. The number of aryl methyl sites for hydroxylation is 1. The average Bonchev–Trinajstić information content (AvgIpc) is 3.27. The van der Waals surface area contributed by atoms with Crippen molar-refractivity contribution >= 4 is 17.7 Å². The third-order valence-corrected chi connectivity index (χ3v) is 5.33. The minimum Gasteiger partial charge on any atom is -0.357 e. The highest BCUT2D eigenvalue weighted by atomic mass is 32.2. The lowest BCUT2D eigenvalue weighted by atomic mass is 10.2. The molecular formula is C18H25N5OS. The van der Waals surface area contributed by atoms with Crippen LogP contribution < -0.4 is 5.32 Å². The summed E-state index contributed by atoms with van der Waals surface area (Å²) in [5, 5.41) is 7.19. The van der Waals surface area contributed by atoms with E-state index in [4.69, 9.17) is 4.52 Å². The quantitative estimate of drug-likeness (QED) is 0.486. The summed E-state index contributed by atoms with van der Waals surface area (Å²) in [5.74, 6) is 3.96. The maximum absolute atomic E-state index is 5.15. The standard InChI is InChI=1S/C18H25N5OS/c1-3-19-18(20-11-17-21-14(2)22-24-17)23-10-9-15(12-23)13-25-16-7-5-4-6-8-16/h4-8,15H,3,9-13H2,1-2H3,(H,19,20). The van der Waals surface area contributed by atoms with Crippen LogP contribution in [0.25, 0.3) is 0 Å². The Morgan fingerprint density at radius 3 is 2.96 bits per heavy atom. The van der Waals surface area contributed by atoms with Crippen molar-refractivity contribution in [2.24, 2.45) is 10.9 Å². The number of nitrogens with one attached hydrogen (secondary N) is 1. The van der Waals surface area contributed by atoms with E-state index in [1.165, 1.54) is 11.3 Å². The van der Waals surface area contributed by atoms with Crippen molar-refractivity contribution in [3.63, 3.8) is 0 Å². The third-order valence-electron chi connectivity index (χ3n) is 4.08. The first kappa shape index (κ1) is 17.8. The molecule has 1 fully saturated rings. The van der Waals surface area contributed by atoms with E-state index in [9.17, 15) is 0 Å². The topological polar surface area (TPSA) is 66.5 Å². The van der Waals surface area contributed by atoms with Crippen molar-refractivity contribution < 1.29 is 4.52 Å². The fraction of sp³-hybridized carbons (Fsp3) is 0.500. The lowest BCUT2D eigenvalue weighted by molar-refractivity contribution is 0.375. The summed E-state index contributed by atoms with van der Waals surface area (Å²) in [4.78, 5) is 12.6. The molecule has 134 valence electrons. The summed E-state index contributed by atoms with van der Waals surface area (Å²) >= 11 is 1.94. The number of aromatic nitrogens is 2. The second-order valence-corrected chi connectivity index (χ2v) is 7.22. The molecule has 1 N–H and O–H groups in total. The van der Waals surface area contributed by atoms with Gasteiger partial charge in [0.05, 0.1) is 0 Å². The molecule has 1 atom stereocenters. The average molecular weight is 359 g/mol. The normalized spacial score (nSPS) is 17.9. The van der Waals surface area contributed by atoms with Crippen LogP contribution in [0.15, 0.2) is 44.7 Å². The van der Waals surface area contributed by atoms with Gasteiger partial charge in [-0.15, -0.1) is 11.8 Å². The van der Waals surface area contributed by atoms with E-state index < -0.39 is 0 Å². The molecule has 2 heterocycles. The second-order valence-electron chi connectivity index (χ2n) is 6.13. The Labute approximate surface area is 153 Å². The van der Waals surface area contributed by atoms with Crippen molar-refractivity contribution in [1.29, 1.82) is 0 Å². The number of hydrogen-bond donors (Lipinski definition) is 1. The van der Waals surface area contributed by atoms with Crippen LogP contribution >= 0.6 is 11.8 Å². The van der Waals surface area contributed by atoms with Crippen molar-refractivity contribution in [3.05, 3.63) is 42.0 Å². The molecule has 0 radical (unpaired) electrons.